The number of benzene rings is 2. The summed E-state index contributed by atoms with van der Waals surface area (Å²) in [6.45, 7) is 2.76. The van der Waals surface area contributed by atoms with Crippen LogP contribution in [0.15, 0.2) is 51.8 Å². The monoisotopic (exact) mass is 433 g/mol. The number of fused-ring (bicyclic) bond motifs is 2. The van der Waals surface area contributed by atoms with E-state index in [0.29, 0.717) is 29.2 Å². The van der Waals surface area contributed by atoms with Crippen LogP contribution in [0.5, 0.6) is 0 Å². The van der Waals surface area contributed by atoms with E-state index in [4.69, 9.17) is 16.6 Å². The number of nitrogens with zero attached hydrogens (tertiary/aromatic N) is 3. The molecule has 0 bridgehead atoms. The van der Waals surface area contributed by atoms with Crippen LogP contribution in [-0.4, -0.2) is 35.7 Å². The number of hydrogen-bond donors (Lipinski definition) is 0. The van der Waals surface area contributed by atoms with E-state index in [2.05, 4.69) is 16.0 Å². The number of para-hydroxylation sites is 1. The Bertz CT molecular complexity index is 1290. The maximum absolute atomic E-state index is 12.2. The molecule has 0 unspecified atom stereocenters. The topological polar surface area (TPSA) is 68.3 Å². The predicted molar refractivity (Wildman–Crippen MR) is 114 cm³/mol. The van der Waals surface area contributed by atoms with Crippen molar-refractivity contribution in [3.05, 3.63) is 52.3 Å². The van der Waals surface area contributed by atoms with E-state index in [1.807, 2.05) is 29.8 Å². The Morgan fingerprint density at radius 2 is 2.04 bits per heavy atom. The molecule has 28 heavy (non-hydrogen) atoms. The molecule has 0 fully saturated rings. The molecule has 4 aromatic rings. The van der Waals surface area contributed by atoms with Gasteiger partial charge in [0.25, 0.3) is 4.84 Å². The first-order chi connectivity index (χ1) is 13.4. The molecule has 2 aromatic heterocycles. The van der Waals surface area contributed by atoms with E-state index < -0.39 is 9.84 Å². The summed E-state index contributed by atoms with van der Waals surface area (Å²) in [5, 5.41) is 1.01. The Morgan fingerprint density at radius 3 is 2.79 bits per heavy atom. The third kappa shape index (κ3) is 3.62. The molecule has 9 heteroatoms. The molecule has 0 spiro atoms. The van der Waals surface area contributed by atoms with Crippen molar-refractivity contribution in [2.75, 3.05) is 12.8 Å². The maximum atomic E-state index is 12.2. The van der Waals surface area contributed by atoms with E-state index >= 15 is 0 Å². The first kappa shape index (κ1) is 19.3. The molecular formula is C19H19N3O3S3. The minimum Gasteiger partial charge on any atom is -0.429 e. The van der Waals surface area contributed by atoms with Crippen molar-refractivity contribution in [1.82, 2.24) is 14.5 Å². The Kier molecular flexibility index (Phi) is 5.09. The summed E-state index contributed by atoms with van der Waals surface area (Å²) >= 11 is 7.02. The van der Waals surface area contributed by atoms with Gasteiger partial charge in [0, 0.05) is 0 Å². The van der Waals surface area contributed by atoms with Gasteiger partial charge in [-0.05, 0) is 49.6 Å². The molecule has 6 nitrogen and oxygen atoms in total. The summed E-state index contributed by atoms with van der Waals surface area (Å²) in [4.78, 5) is 7.33. The second-order valence-corrected chi connectivity index (χ2v) is 10.3. The quantitative estimate of drug-likeness (QED) is 0.418. The highest BCUT2D eigenvalue weighted by molar-refractivity contribution is 7.91. The fourth-order valence-corrected chi connectivity index (χ4v) is 5.24. The molecule has 2 heterocycles. The van der Waals surface area contributed by atoms with Gasteiger partial charge in [-0.15, -0.1) is 11.3 Å². The number of aromatic nitrogens is 2. The summed E-state index contributed by atoms with van der Waals surface area (Å²) in [6.07, 6.45) is 0. The third-order valence-electron chi connectivity index (χ3n) is 4.50. The van der Waals surface area contributed by atoms with E-state index in [1.165, 1.54) is 0 Å². The average Bonchev–Trinajstić information content (AvgIpc) is 3.21. The average molecular weight is 434 g/mol. The summed E-state index contributed by atoms with van der Waals surface area (Å²) in [6, 6.07) is 12.9. The van der Waals surface area contributed by atoms with Crippen molar-refractivity contribution in [2.45, 2.75) is 25.0 Å². The third-order valence-corrected chi connectivity index (χ3v) is 7.56. The first-order valence-electron chi connectivity index (χ1n) is 8.76. The molecule has 146 valence electrons. The summed E-state index contributed by atoms with van der Waals surface area (Å²) < 4.78 is 33.1. The van der Waals surface area contributed by atoms with E-state index in [1.54, 1.807) is 36.5 Å². The second kappa shape index (κ2) is 7.40. The Morgan fingerprint density at radius 1 is 1.25 bits per heavy atom. The van der Waals surface area contributed by atoms with Crippen LogP contribution in [0.1, 0.15) is 11.9 Å². The van der Waals surface area contributed by atoms with Crippen LogP contribution >= 0.6 is 23.6 Å². The van der Waals surface area contributed by atoms with Crippen LogP contribution in [-0.2, 0) is 23.1 Å². The van der Waals surface area contributed by atoms with Crippen molar-refractivity contribution in [2.24, 2.45) is 0 Å². The van der Waals surface area contributed by atoms with Crippen LogP contribution in [0.2, 0.25) is 0 Å². The highest BCUT2D eigenvalue weighted by Crippen LogP contribution is 2.25. The highest BCUT2D eigenvalue weighted by atomic mass is 32.2. The first-order valence-corrected chi connectivity index (χ1v) is 11.6. The lowest BCUT2D eigenvalue weighted by atomic mass is 10.3. The highest BCUT2D eigenvalue weighted by Gasteiger charge is 2.16. The van der Waals surface area contributed by atoms with E-state index in [9.17, 15) is 8.42 Å². The van der Waals surface area contributed by atoms with Gasteiger partial charge in [-0.25, -0.2) is 13.4 Å². The predicted octanol–water partition coefficient (Wildman–Crippen LogP) is 4.46. The van der Waals surface area contributed by atoms with Gasteiger partial charge in [0.15, 0.2) is 15.4 Å². The second-order valence-electron chi connectivity index (χ2n) is 6.56. The van der Waals surface area contributed by atoms with Gasteiger partial charge in [0.2, 0.25) is 0 Å². The molecule has 0 aliphatic rings. The number of thiazole rings is 1. The molecule has 0 N–H and O–H groups in total. The number of hydrogen-bond acceptors (Lipinski definition) is 7. The molecule has 0 atom stereocenters. The van der Waals surface area contributed by atoms with Gasteiger partial charge >= 0.3 is 0 Å². The molecule has 2 aromatic carbocycles. The summed E-state index contributed by atoms with van der Waals surface area (Å²) in [5.41, 5.74) is 2.25. The molecule has 0 saturated carbocycles. The summed E-state index contributed by atoms with van der Waals surface area (Å²) in [7, 11) is -1.33. The molecule has 0 amide bonds. The molecule has 0 radical (unpaired) electrons. The Hall–Kier alpha value is -2.07. The minimum atomic E-state index is -3.30. The lowest BCUT2D eigenvalue weighted by Crippen LogP contribution is -2.21. The smallest absolute Gasteiger partial charge is 0.270 e. The van der Waals surface area contributed by atoms with E-state index in [0.717, 1.165) is 15.2 Å². The lowest BCUT2D eigenvalue weighted by Gasteiger charge is -2.16. The largest absolute Gasteiger partial charge is 0.429 e. The van der Waals surface area contributed by atoms with Crippen LogP contribution in [0, 0.1) is 4.84 Å². The van der Waals surface area contributed by atoms with Crippen molar-refractivity contribution < 1.29 is 12.8 Å². The zero-order valence-electron chi connectivity index (χ0n) is 15.5. The van der Waals surface area contributed by atoms with Crippen LogP contribution in [0.25, 0.3) is 21.3 Å². The molecule has 0 saturated heterocycles. The molecule has 0 aliphatic heterocycles. The van der Waals surface area contributed by atoms with Gasteiger partial charge < -0.3 is 4.42 Å². The zero-order valence-corrected chi connectivity index (χ0v) is 17.9. The van der Waals surface area contributed by atoms with Crippen molar-refractivity contribution >= 4 is 54.7 Å². The SMILES string of the molecule is CCS(=O)(=O)c1ccc2oc(=S)n(CN(C)Cc3nc4ccccc4s3)c2c1. The van der Waals surface area contributed by atoms with Gasteiger partial charge in [-0.3, -0.25) is 9.47 Å². The molecular weight excluding hydrogens is 414 g/mol. The molecule has 4 rings (SSSR count). The van der Waals surface area contributed by atoms with Gasteiger partial charge in [0.1, 0.15) is 5.01 Å². The Labute approximate surface area is 172 Å². The Balaban J connectivity index is 1.63. The van der Waals surface area contributed by atoms with Crippen molar-refractivity contribution in [1.29, 1.82) is 0 Å². The number of rotatable bonds is 6. The van der Waals surface area contributed by atoms with E-state index in [-0.39, 0.29) is 10.6 Å². The number of oxazole rings is 1. The lowest BCUT2D eigenvalue weighted by molar-refractivity contribution is 0.257. The normalized spacial score (nSPS) is 12.4. The van der Waals surface area contributed by atoms with Crippen LogP contribution in [0.4, 0.5) is 0 Å². The molecule has 0 aliphatic carbocycles. The fourth-order valence-electron chi connectivity index (χ4n) is 3.05. The standard InChI is InChI=1S/C19H19N3O3S3/c1-3-28(23,24)13-8-9-16-15(10-13)22(19(26)25-16)12-21(2)11-18-20-14-6-4-5-7-17(14)27-18/h4-10H,3,11-12H2,1-2H3. The zero-order chi connectivity index (χ0) is 19.9. The van der Waals surface area contributed by atoms with Crippen molar-refractivity contribution in [3.8, 4) is 0 Å². The number of sulfone groups is 1. The van der Waals surface area contributed by atoms with Crippen LogP contribution < -0.4 is 0 Å². The fraction of sp³-hybridized carbons (Fsp3) is 0.263. The van der Waals surface area contributed by atoms with Crippen molar-refractivity contribution in [3.63, 3.8) is 0 Å². The van der Waals surface area contributed by atoms with Gasteiger partial charge in [0.05, 0.1) is 39.6 Å². The maximum Gasteiger partial charge on any atom is 0.270 e. The van der Waals surface area contributed by atoms with Gasteiger partial charge in [-0.1, -0.05) is 19.1 Å². The minimum absolute atomic E-state index is 0.0502. The van der Waals surface area contributed by atoms with Gasteiger partial charge in [-0.2, -0.15) is 0 Å². The summed E-state index contributed by atoms with van der Waals surface area (Å²) in [5.74, 6) is 0.0502. The van der Waals surface area contributed by atoms with Crippen LogP contribution in [0.3, 0.4) is 0 Å².